The fourth-order valence-electron chi connectivity index (χ4n) is 3.95. The van der Waals surface area contributed by atoms with Gasteiger partial charge in [-0.15, -0.1) is 22.7 Å². The summed E-state index contributed by atoms with van der Waals surface area (Å²) in [5.41, 5.74) is 2.15. The average Bonchev–Trinajstić information content (AvgIpc) is 3.51. The SMILES string of the molecule is O=C(c1ccc(NS(=O)(=O)c2ccccc2)cc1)N1CCc2sccc2C1c1cccs1. The number of amides is 1. The molecule has 1 atom stereocenters. The average molecular weight is 481 g/mol. The molecule has 1 unspecified atom stereocenters. The topological polar surface area (TPSA) is 66.5 Å². The number of fused-ring (bicyclic) bond motifs is 1. The number of hydrogen-bond acceptors (Lipinski definition) is 5. The van der Waals surface area contributed by atoms with Gasteiger partial charge in [0.2, 0.25) is 0 Å². The highest BCUT2D eigenvalue weighted by molar-refractivity contribution is 7.92. The number of hydrogen-bond donors (Lipinski definition) is 1. The minimum absolute atomic E-state index is 0.0577. The molecule has 32 heavy (non-hydrogen) atoms. The van der Waals surface area contributed by atoms with Crippen molar-refractivity contribution in [3.63, 3.8) is 0 Å². The number of nitrogens with one attached hydrogen (secondary N) is 1. The van der Waals surface area contributed by atoms with Gasteiger partial charge in [0, 0.05) is 27.5 Å². The molecule has 5 rings (SSSR count). The second-order valence-electron chi connectivity index (χ2n) is 7.46. The van der Waals surface area contributed by atoms with E-state index in [-0.39, 0.29) is 16.8 Å². The molecule has 0 bridgehead atoms. The lowest BCUT2D eigenvalue weighted by atomic mass is 9.97. The van der Waals surface area contributed by atoms with E-state index in [1.807, 2.05) is 16.3 Å². The molecule has 4 aromatic rings. The second kappa shape index (κ2) is 8.54. The Kier molecular flexibility index (Phi) is 5.58. The van der Waals surface area contributed by atoms with Gasteiger partial charge in [-0.3, -0.25) is 9.52 Å². The van der Waals surface area contributed by atoms with Gasteiger partial charge in [-0.05, 0) is 71.3 Å². The molecule has 0 radical (unpaired) electrons. The largest absolute Gasteiger partial charge is 0.326 e. The number of anilines is 1. The zero-order valence-electron chi connectivity index (χ0n) is 17.0. The highest BCUT2D eigenvalue weighted by atomic mass is 32.2. The first-order chi connectivity index (χ1) is 15.5. The Morgan fingerprint density at radius 1 is 0.906 bits per heavy atom. The summed E-state index contributed by atoms with van der Waals surface area (Å²) in [5.74, 6) is -0.0577. The van der Waals surface area contributed by atoms with Crippen LogP contribution in [0, 0.1) is 0 Å². The van der Waals surface area contributed by atoms with E-state index < -0.39 is 10.0 Å². The number of nitrogens with zero attached hydrogens (tertiary/aromatic N) is 1. The van der Waals surface area contributed by atoms with Crippen LogP contribution in [0.2, 0.25) is 0 Å². The van der Waals surface area contributed by atoms with Crippen molar-refractivity contribution in [3.05, 3.63) is 104 Å². The molecule has 0 saturated heterocycles. The van der Waals surface area contributed by atoms with Crippen LogP contribution in [-0.4, -0.2) is 25.8 Å². The third-order valence-electron chi connectivity index (χ3n) is 5.48. The minimum Gasteiger partial charge on any atom is -0.326 e. The summed E-state index contributed by atoms with van der Waals surface area (Å²) in [6.45, 7) is 0.650. The summed E-state index contributed by atoms with van der Waals surface area (Å²) in [6.07, 6.45) is 0.843. The fraction of sp³-hybridized carbons (Fsp3) is 0.125. The summed E-state index contributed by atoms with van der Waals surface area (Å²) in [5, 5.41) is 4.12. The molecular weight excluding hydrogens is 460 g/mol. The lowest BCUT2D eigenvalue weighted by Gasteiger charge is -2.35. The number of rotatable bonds is 5. The van der Waals surface area contributed by atoms with Gasteiger partial charge < -0.3 is 4.90 Å². The summed E-state index contributed by atoms with van der Waals surface area (Å²) >= 11 is 3.40. The minimum atomic E-state index is -3.68. The summed E-state index contributed by atoms with van der Waals surface area (Å²) in [7, 11) is -3.68. The maximum atomic E-state index is 13.5. The second-order valence-corrected chi connectivity index (χ2v) is 11.1. The van der Waals surface area contributed by atoms with Crippen molar-refractivity contribution in [1.82, 2.24) is 4.90 Å². The van der Waals surface area contributed by atoms with Crippen LogP contribution < -0.4 is 4.72 Å². The van der Waals surface area contributed by atoms with Crippen LogP contribution in [0.25, 0.3) is 0 Å². The molecule has 2 aromatic heterocycles. The van der Waals surface area contributed by atoms with Crippen LogP contribution in [0.1, 0.15) is 31.7 Å². The van der Waals surface area contributed by atoms with E-state index in [0.29, 0.717) is 17.8 Å². The van der Waals surface area contributed by atoms with E-state index >= 15 is 0 Å². The predicted octanol–water partition coefficient (Wildman–Crippen LogP) is 5.40. The Balaban J connectivity index is 1.39. The van der Waals surface area contributed by atoms with E-state index in [4.69, 9.17) is 0 Å². The van der Waals surface area contributed by atoms with Gasteiger partial charge in [-0.2, -0.15) is 0 Å². The standard InChI is InChI=1S/C24H20N2O3S3/c27-24(26-14-12-21-20(13-16-31-21)23(26)22-7-4-15-30-22)17-8-10-18(11-9-17)25-32(28,29)19-5-2-1-3-6-19/h1-11,13,15-16,23,25H,12,14H2. The molecule has 1 amide bonds. The number of carbonyl (C=O) groups excluding carboxylic acids is 1. The van der Waals surface area contributed by atoms with Crippen LogP contribution in [0.4, 0.5) is 5.69 Å². The Hall–Kier alpha value is -2.94. The summed E-state index contributed by atoms with van der Waals surface area (Å²) in [6, 6.07) is 20.9. The normalized spacial score (nSPS) is 15.9. The molecule has 0 spiro atoms. The van der Waals surface area contributed by atoms with Crippen molar-refractivity contribution in [2.45, 2.75) is 17.4 Å². The van der Waals surface area contributed by atoms with Crippen LogP contribution >= 0.6 is 22.7 Å². The van der Waals surface area contributed by atoms with Crippen LogP contribution in [-0.2, 0) is 16.4 Å². The van der Waals surface area contributed by atoms with Gasteiger partial charge in [0.05, 0.1) is 10.9 Å². The highest BCUT2D eigenvalue weighted by Crippen LogP contribution is 2.40. The number of thiophene rings is 2. The third-order valence-corrected chi connectivity index (χ3v) is 8.80. The zero-order chi connectivity index (χ0) is 22.1. The lowest BCUT2D eigenvalue weighted by molar-refractivity contribution is 0.0699. The van der Waals surface area contributed by atoms with Gasteiger partial charge in [0.1, 0.15) is 0 Å². The van der Waals surface area contributed by atoms with E-state index in [1.54, 1.807) is 77.3 Å². The van der Waals surface area contributed by atoms with Crippen LogP contribution in [0.15, 0.2) is 88.5 Å². The molecule has 0 fully saturated rings. The van der Waals surface area contributed by atoms with Crippen molar-refractivity contribution < 1.29 is 13.2 Å². The zero-order valence-corrected chi connectivity index (χ0v) is 19.4. The van der Waals surface area contributed by atoms with Crippen molar-refractivity contribution in [2.24, 2.45) is 0 Å². The van der Waals surface area contributed by atoms with Crippen LogP contribution in [0.5, 0.6) is 0 Å². The Labute approximate surface area is 195 Å². The van der Waals surface area contributed by atoms with Crippen molar-refractivity contribution in [2.75, 3.05) is 11.3 Å². The maximum absolute atomic E-state index is 13.5. The molecule has 1 aliphatic heterocycles. The molecular formula is C24H20N2O3S3. The van der Waals surface area contributed by atoms with Gasteiger partial charge in [0.15, 0.2) is 0 Å². The van der Waals surface area contributed by atoms with E-state index in [1.165, 1.54) is 10.4 Å². The Bertz CT molecular complexity index is 1330. The number of carbonyl (C=O) groups is 1. The summed E-state index contributed by atoms with van der Waals surface area (Å²) in [4.78, 5) is 18.0. The maximum Gasteiger partial charge on any atom is 0.261 e. The molecule has 0 aliphatic carbocycles. The molecule has 162 valence electrons. The van der Waals surface area contributed by atoms with Crippen molar-refractivity contribution >= 4 is 44.3 Å². The smallest absolute Gasteiger partial charge is 0.261 e. The lowest BCUT2D eigenvalue weighted by Crippen LogP contribution is -2.39. The first-order valence-corrected chi connectivity index (χ1v) is 13.4. The fourth-order valence-corrected chi connectivity index (χ4v) is 6.79. The number of sulfonamides is 1. The van der Waals surface area contributed by atoms with E-state index in [9.17, 15) is 13.2 Å². The molecule has 3 heterocycles. The third kappa shape index (κ3) is 3.97. The Morgan fingerprint density at radius 2 is 1.69 bits per heavy atom. The van der Waals surface area contributed by atoms with Gasteiger partial charge >= 0.3 is 0 Å². The van der Waals surface area contributed by atoms with Crippen molar-refractivity contribution in [3.8, 4) is 0 Å². The van der Waals surface area contributed by atoms with Gasteiger partial charge in [0.25, 0.3) is 15.9 Å². The quantitative estimate of drug-likeness (QED) is 0.416. The van der Waals surface area contributed by atoms with Gasteiger partial charge in [-0.25, -0.2) is 8.42 Å². The first-order valence-electron chi connectivity index (χ1n) is 10.1. The highest BCUT2D eigenvalue weighted by Gasteiger charge is 2.33. The van der Waals surface area contributed by atoms with Crippen LogP contribution in [0.3, 0.4) is 0 Å². The molecule has 5 nitrogen and oxygen atoms in total. The molecule has 1 aliphatic rings. The molecule has 1 N–H and O–H groups in total. The monoisotopic (exact) mass is 480 g/mol. The molecule has 0 saturated carbocycles. The van der Waals surface area contributed by atoms with E-state index in [2.05, 4.69) is 22.2 Å². The predicted molar refractivity (Wildman–Crippen MR) is 129 cm³/mol. The Morgan fingerprint density at radius 3 is 2.41 bits per heavy atom. The molecule has 8 heteroatoms. The van der Waals surface area contributed by atoms with E-state index in [0.717, 1.165) is 11.3 Å². The van der Waals surface area contributed by atoms with Crippen molar-refractivity contribution in [1.29, 1.82) is 0 Å². The first kappa shape index (κ1) is 20.9. The summed E-state index contributed by atoms with van der Waals surface area (Å²) < 4.78 is 27.7. The molecule has 2 aromatic carbocycles. The van der Waals surface area contributed by atoms with Gasteiger partial charge in [-0.1, -0.05) is 24.3 Å². The number of benzene rings is 2.